The number of halogens is 3. The summed E-state index contributed by atoms with van der Waals surface area (Å²) in [6, 6.07) is 18.5. The Kier molecular flexibility index (Phi) is 5.91. The average Bonchev–Trinajstić information content (AvgIpc) is 2.63. The van der Waals surface area contributed by atoms with E-state index in [9.17, 15) is 9.18 Å². The van der Waals surface area contributed by atoms with E-state index in [1.54, 1.807) is 36.4 Å². The Morgan fingerprint density at radius 3 is 2.65 bits per heavy atom. The Labute approximate surface area is 163 Å². The second-order valence-electron chi connectivity index (χ2n) is 5.49. The summed E-state index contributed by atoms with van der Waals surface area (Å²) < 4.78 is 20.2. The first kappa shape index (κ1) is 18.4. The number of hydrogen-bond acceptors (Lipinski definition) is 2. The summed E-state index contributed by atoms with van der Waals surface area (Å²) in [5.74, 6) is -0.415. The molecule has 0 bridgehead atoms. The standard InChI is InChI=1S/C20H14BrClFNO2/c21-15-8-9-19(18(23)11-15)24-20(25)13-5-3-6-16(10-13)26-12-14-4-1-2-7-17(14)22/h1-11H,12H2,(H,24,25). The number of carbonyl (C=O) groups excluding carboxylic acids is 1. The molecule has 26 heavy (non-hydrogen) atoms. The Balaban J connectivity index is 1.70. The van der Waals surface area contributed by atoms with Gasteiger partial charge in [0.1, 0.15) is 18.2 Å². The summed E-state index contributed by atoms with van der Waals surface area (Å²) in [4.78, 5) is 12.4. The van der Waals surface area contributed by atoms with Crippen LogP contribution in [0.4, 0.5) is 10.1 Å². The Morgan fingerprint density at radius 2 is 1.88 bits per heavy atom. The lowest BCUT2D eigenvalue weighted by Crippen LogP contribution is -2.13. The number of amides is 1. The molecule has 3 nitrogen and oxygen atoms in total. The highest BCUT2D eigenvalue weighted by Gasteiger charge is 2.11. The molecule has 3 rings (SSSR count). The lowest BCUT2D eigenvalue weighted by Gasteiger charge is -2.10. The quantitative estimate of drug-likeness (QED) is 0.529. The number of anilines is 1. The zero-order valence-corrected chi connectivity index (χ0v) is 15.9. The van der Waals surface area contributed by atoms with Gasteiger partial charge in [-0.3, -0.25) is 4.79 Å². The minimum absolute atomic E-state index is 0.112. The van der Waals surface area contributed by atoms with E-state index in [0.29, 0.717) is 20.8 Å². The smallest absolute Gasteiger partial charge is 0.255 e. The van der Waals surface area contributed by atoms with Crippen LogP contribution in [-0.2, 0) is 6.61 Å². The molecule has 0 heterocycles. The molecule has 0 aromatic heterocycles. The summed E-state index contributed by atoms with van der Waals surface area (Å²) in [5, 5.41) is 3.17. The fourth-order valence-electron chi connectivity index (χ4n) is 2.29. The van der Waals surface area contributed by atoms with Crippen LogP contribution in [0.25, 0.3) is 0 Å². The maximum atomic E-state index is 13.9. The van der Waals surface area contributed by atoms with Crippen molar-refractivity contribution in [2.24, 2.45) is 0 Å². The van der Waals surface area contributed by atoms with Crippen molar-refractivity contribution in [3.05, 3.63) is 93.2 Å². The van der Waals surface area contributed by atoms with Gasteiger partial charge in [0.05, 0.1) is 5.69 Å². The van der Waals surface area contributed by atoms with E-state index in [4.69, 9.17) is 16.3 Å². The third-order valence-corrected chi connectivity index (χ3v) is 4.49. The minimum Gasteiger partial charge on any atom is -0.489 e. The molecule has 6 heteroatoms. The zero-order chi connectivity index (χ0) is 18.5. The third kappa shape index (κ3) is 4.62. The highest BCUT2D eigenvalue weighted by atomic mass is 79.9. The van der Waals surface area contributed by atoms with E-state index in [-0.39, 0.29) is 12.3 Å². The summed E-state index contributed by atoms with van der Waals surface area (Å²) >= 11 is 9.29. The summed E-state index contributed by atoms with van der Waals surface area (Å²) in [5.41, 5.74) is 1.32. The monoisotopic (exact) mass is 433 g/mol. The number of rotatable bonds is 5. The van der Waals surface area contributed by atoms with Gasteiger partial charge in [-0.05, 0) is 42.5 Å². The zero-order valence-electron chi connectivity index (χ0n) is 13.5. The number of ether oxygens (including phenoxy) is 1. The average molecular weight is 435 g/mol. The van der Waals surface area contributed by atoms with Crippen LogP contribution < -0.4 is 10.1 Å². The van der Waals surface area contributed by atoms with Crippen LogP contribution in [0.1, 0.15) is 15.9 Å². The van der Waals surface area contributed by atoms with Gasteiger partial charge in [-0.25, -0.2) is 4.39 Å². The van der Waals surface area contributed by atoms with Gasteiger partial charge in [-0.15, -0.1) is 0 Å². The van der Waals surface area contributed by atoms with E-state index in [1.165, 1.54) is 12.1 Å². The first-order chi connectivity index (χ1) is 12.5. The van der Waals surface area contributed by atoms with Gasteiger partial charge in [0.2, 0.25) is 0 Å². The van der Waals surface area contributed by atoms with Gasteiger partial charge >= 0.3 is 0 Å². The first-order valence-corrected chi connectivity index (χ1v) is 8.93. The highest BCUT2D eigenvalue weighted by molar-refractivity contribution is 9.10. The van der Waals surface area contributed by atoms with Gasteiger partial charge < -0.3 is 10.1 Å². The van der Waals surface area contributed by atoms with Crippen LogP contribution in [0.5, 0.6) is 5.75 Å². The molecule has 0 aliphatic heterocycles. The van der Waals surface area contributed by atoms with Gasteiger partial charge in [0.25, 0.3) is 5.91 Å². The van der Waals surface area contributed by atoms with E-state index in [1.807, 2.05) is 18.2 Å². The number of hydrogen-bond donors (Lipinski definition) is 1. The normalized spacial score (nSPS) is 10.4. The molecule has 0 aliphatic carbocycles. The molecule has 0 spiro atoms. The predicted octanol–water partition coefficient (Wildman–Crippen LogP) is 6.07. The van der Waals surface area contributed by atoms with Gasteiger partial charge in [0.15, 0.2) is 0 Å². The maximum Gasteiger partial charge on any atom is 0.255 e. The third-order valence-electron chi connectivity index (χ3n) is 3.63. The molecule has 0 saturated heterocycles. The van der Waals surface area contributed by atoms with Crippen molar-refractivity contribution in [2.75, 3.05) is 5.32 Å². The maximum absolute atomic E-state index is 13.9. The van der Waals surface area contributed by atoms with Crippen molar-refractivity contribution in [3.63, 3.8) is 0 Å². The lowest BCUT2D eigenvalue weighted by atomic mass is 10.2. The van der Waals surface area contributed by atoms with Crippen LogP contribution in [-0.4, -0.2) is 5.91 Å². The molecule has 3 aromatic rings. The van der Waals surface area contributed by atoms with Crippen LogP contribution >= 0.6 is 27.5 Å². The molecular formula is C20H14BrClFNO2. The Morgan fingerprint density at radius 1 is 1.08 bits per heavy atom. The van der Waals surface area contributed by atoms with E-state index in [2.05, 4.69) is 21.2 Å². The molecule has 0 saturated carbocycles. The van der Waals surface area contributed by atoms with Crippen molar-refractivity contribution in [3.8, 4) is 5.75 Å². The molecular weight excluding hydrogens is 421 g/mol. The molecule has 132 valence electrons. The SMILES string of the molecule is O=C(Nc1ccc(Br)cc1F)c1cccc(OCc2ccccc2Cl)c1. The van der Waals surface area contributed by atoms with Crippen molar-refractivity contribution in [1.82, 2.24) is 0 Å². The molecule has 1 N–H and O–H groups in total. The topological polar surface area (TPSA) is 38.3 Å². The molecule has 3 aromatic carbocycles. The van der Waals surface area contributed by atoms with E-state index < -0.39 is 11.7 Å². The van der Waals surface area contributed by atoms with Gasteiger partial charge in [-0.1, -0.05) is 51.8 Å². The van der Waals surface area contributed by atoms with Crippen LogP contribution in [0, 0.1) is 5.82 Å². The summed E-state index contributed by atoms with van der Waals surface area (Å²) in [6.07, 6.45) is 0. The fraction of sp³-hybridized carbons (Fsp3) is 0.0500. The molecule has 0 aliphatic rings. The van der Waals surface area contributed by atoms with Crippen molar-refractivity contribution >= 4 is 39.1 Å². The summed E-state index contributed by atoms with van der Waals surface area (Å²) in [7, 11) is 0. The molecule has 0 radical (unpaired) electrons. The highest BCUT2D eigenvalue weighted by Crippen LogP contribution is 2.22. The van der Waals surface area contributed by atoms with Crippen molar-refractivity contribution in [1.29, 1.82) is 0 Å². The van der Waals surface area contributed by atoms with Crippen molar-refractivity contribution < 1.29 is 13.9 Å². The molecule has 0 atom stereocenters. The lowest BCUT2D eigenvalue weighted by molar-refractivity contribution is 0.102. The Hall–Kier alpha value is -2.37. The molecule has 1 amide bonds. The summed E-state index contributed by atoms with van der Waals surface area (Å²) in [6.45, 7) is 0.284. The minimum atomic E-state index is -0.515. The Bertz CT molecular complexity index is 949. The molecule has 0 unspecified atom stereocenters. The van der Waals surface area contributed by atoms with Crippen LogP contribution in [0.15, 0.2) is 71.2 Å². The first-order valence-electron chi connectivity index (χ1n) is 7.75. The van der Waals surface area contributed by atoms with Crippen LogP contribution in [0.3, 0.4) is 0 Å². The van der Waals surface area contributed by atoms with Gasteiger partial charge in [-0.2, -0.15) is 0 Å². The van der Waals surface area contributed by atoms with Crippen LogP contribution in [0.2, 0.25) is 5.02 Å². The number of benzene rings is 3. The number of carbonyl (C=O) groups is 1. The van der Waals surface area contributed by atoms with Gasteiger partial charge in [0, 0.05) is 20.6 Å². The molecule has 0 fully saturated rings. The largest absolute Gasteiger partial charge is 0.489 e. The fourth-order valence-corrected chi connectivity index (χ4v) is 2.81. The van der Waals surface area contributed by atoms with E-state index in [0.717, 1.165) is 5.56 Å². The second kappa shape index (κ2) is 8.34. The number of nitrogens with one attached hydrogen (secondary N) is 1. The van der Waals surface area contributed by atoms with Crippen molar-refractivity contribution in [2.45, 2.75) is 6.61 Å². The predicted molar refractivity (Wildman–Crippen MR) is 104 cm³/mol. The van der Waals surface area contributed by atoms with E-state index >= 15 is 0 Å². The second-order valence-corrected chi connectivity index (χ2v) is 6.81.